The van der Waals surface area contributed by atoms with E-state index in [1.165, 1.54) is 18.2 Å². The summed E-state index contributed by atoms with van der Waals surface area (Å²) in [6.45, 7) is 1.81. The lowest BCUT2D eigenvalue weighted by Gasteiger charge is -2.16. The number of aromatic nitrogens is 2. The van der Waals surface area contributed by atoms with Crippen LogP contribution in [0.2, 0.25) is 0 Å². The number of aromatic hydroxyl groups is 1. The Labute approximate surface area is 193 Å². The van der Waals surface area contributed by atoms with E-state index in [9.17, 15) is 23.5 Å². The van der Waals surface area contributed by atoms with Crippen LogP contribution in [0.5, 0.6) is 5.75 Å². The van der Waals surface area contributed by atoms with Crippen LogP contribution in [0.1, 0.15) is 39.2 Å². The van der Waals surface area contributed by atoms with Crippen LogP contribution in [-0.2, 0) is 0 Å². The summed E-state index contributed by atoms with van der Waals surface area (Å²) in [6, 6.07) is 13.6. The highest BCUT2D eigenvalue weighted by atomic mass is 19.1. The molecule has 0 bridgehead atoms. The van der Waals surface area contributed by atoms with Crippen molar-refractivity contribution in [2.45, 2.75) is 13.0 Å². The van der Waals surface area contributed by atoms with Gasteiger partial charge in [0.2, 0.25) is 0 Å². The molecule has 1 atom stereocenters. The number of phenolic OH excluding ortho intramolecular Hbond substituents is 1. The van der Waals surface area contributed by atoms with E-state index in [0.717, 1.165) is 23.4 Å². The largest absolute Gasteiger partial charge is 0.507 e. The molecule has 1 heterocycles. The minimum atomic E-state index is -0.884. The third-order valence-corrected chi connectivity index (χ3v) is 5.17. The van der Waals surface area contributed by atoms with Crippen LogP contribution in [0.15, 0.2) is 79.4 Å². The predicted octanol–water partition coefficient (Wildman–Crippen LogP) is 4.60. The number of imidazole rings is 1. The van der Waals surface area contributed by atoms with Crippen molar-refractivity contribution in [2.75, 3.05) is 5.32 Å². The number of nitrogens with one attached hydrogen (secondary N) is 2. The van der Waals surface area contributed by atoms with E-state index in [-0.39, 0.29) is 28.6 Å². The Morgan fingerprint density at radius 3 is 2.29 bits per heavy atom. The molecule has 3 N–H and O–H groups in total. The lowest BCUT2D eigenvalue weighted by molar-refractivity contribution is 0.0936. The maximum atomic E-state index is 13.3. The molecule has 0 fully saturated rings. The Bertz CT molecular complexity index is 1320. The van der Waals surface area contributed by atoms with E-state index in [1.54, 1.807) is 12.5 Å². The molecule has 2 amide bonds. The topological polar surface area (TPSA) is 96.3 Å². The van der Waals surface area contributed by atoms with Gasteiger partial charge in [-0.15, -0.1) is 0 Å². The molecule has 172 valence electrons. The molecule has 34 heavy (non-hydrogen) atoms. The van der Waals surface area contributed by atoms with Crippen LogP contribution in [0.4, 0.5) is 14.5 Å². The van der Waals surface area contributed by atoms with E-state index in [0.29, 0.717) is 6.07 Å². The third-order valence-electron chi connectivity index (χ3n) is 5.17. The number of rotatable bonds is 6. The molecule has 0 saturated carbocycles. The van der Waals surface area contributed by atoms with Gasteiger partial charge in [-0.05, 0) is 48.9 Å². The van der Waals surface area contributed by atoms with Crippen molar-refractivity contribution in [1.29, 1.82) is 0 Å². The average Bonchev–Trinajstić information content (AvgIpc) is 3.33. The second-order valence-electron chi connectivity index (χ2n) is 7.60. The zero-order valence-electron chi connectivity index (χ0n) is 18.0. The maximum absolute atomic E-state index is 13.3. The van der Waals surface area contributed by atoms with Gasteiger partial charge in [0.25, 0.3) is 11.8 Å². The number of nitrogens with zero attached hydrogens (tertiary/aromatic N) is 2. The molecule has 4 rings (SSSR count). The normalized spacial score (nSPS) is 11.6. The lowest BCUT2D eigenvalue weighted by atomic mass is 10.1. The fraction of sp³-hybridized carbons (Fsp3) is 0.0800. The van der Waals surface area contributed by atoms with Gasteiger partial charge in [-0.3, -0.25) is 9.59 Å². The number of anilines is 1. The molecule has 3 aromatic carbocycles. The second-order valence-corrected chi connectivity index (χ2v) is 7.60. The molecular weight excluding hydrogens is 442 g/mol. The minimum absolute atomic E-state index is 0.0108. The van der Waals surface area contributed by atoms with Gasteiger partial charge in [-0.1, -0.05) is 12.1 Å². The number of amides is 2. The number of hydrogen-bond acceptors (Lipinski definition) is 4. The van der Waals surface area contributed by atoms with Crippen LogP contribution >= 0.6 is 0 Å². The summed E-state index contributed by atoms with van der Waals surface area (Å²) in [5.41, 5.74) is 1.74. The summed E-state index contributed by atoms with van der Waals surface area (Å²) in [5.74, 6) is -3.39. The molecule has 0 radical (unpaired) electrons. The number of carbonyl (C=O) groups excluding carboxylic acids is 2. The van der Waals surface area contributed by atoms with Gasteiger partial charge >= 0.3 is 0 Å². The highest BCUT2D eigenvalue weighted by molar-refractivity contribution is 6.05. The first-order valence-electron chi connectivity index (χ1n) is 10.3. The summed E-state index contributed by atoms with van der Waals surface area (Å²) < 4.78 is 28.5. The Balaban J connectivity index is 1.42. The first kappa shape index (κ1) is 22.7. The van der Waals surface area contributed by atoms with Crippen molar-refractivity contribution in [3.8, 4) is 11.4 Å². The van der Waals surface area contributed by atoms with Crippen molar-refractivity contribution in [3.63, 3.8) is 0 Å². The highest BCUT2D eigenvalue weighted by Gasteiger charge is 2.17. The monoisotopic (exact) mass is 462 g/mol. The van der Waals surface area contributed by atoms with E-state index in [1.807, 2.05) is 42.0 Å². The fourth-order valence-corrected chi connectivity index (χ4v) is 3.39. The number of benzene rings is 3. The SMILES string of the molecule is CC(NC(=O)c1ccc(NC(=O)c2cc(F)cc(F)c2)cc1O)c1ccc(-n2ccnc2)cc1. The highest BCUT2D eigenvalue weighted by Crippen LogP contribution is 2.24. The molecule has 0 aliphatic carbocycles. The smallest absolute Gasteiger partial charge is 0.255 e. The van der Waals surface area contributed by atoms with Gasteiger partial charge in [-0.2, -0.15) is 0 Å². The second kappa shape index (κ2) is 9.53. The van der Waals surface area contributed by atoms with Crippen molar-refractivity contribution < 1.29 is 23.5 Å². The Hall–Kier alpha value is -4.53. The van der Waals surface area contributed by atoms with Crippen LogP contribution in [-0.4, -0.2) is 26.5 Å². The van der Waals surface area contributed by atoms with Crippen molar-refractivity contribution >= 4 is 17.5 Å². The zero-order chi connectivity index (χ0) is 24.2. The van der Waals surface area contributed by atoms with E-state index >= 15 is 0 Å². The molecule has 0 aliphatic rings. The predicted molar refractivity (Wildman–Crippen MR) is 122 cm³/mol. The van der Waals surface area contributed by atoms with Gasteiger partial charge in [0.05, 0.1) is 17.9 Å². The van der Waals surface area contributed by atoms with Crippen molar-refractivity contribution in [1.82, 2.24) is 14.9 Å². The first-order valence-corrected chi connectivity index (χ1v) is 10.3. The molecule has 9 heteroatoms. The zero-order valence-corrected chi connectivity index (χ0v) is 18.0. The molecule has 1 aromatic heterocycles. The minimum Gasteiger partial charge on any atom is -0.507 e. The van der Waals surface area contributed by atoms with Gasteiger partial charge in [-0.25, -0.2) is 13.8 Å². The summed E-state index contributed by atoms with van der Waals surface area (Å²) in [6.07, 6.45) is 5.19. The van der Waals surface area contributed by atoms with Crippen LogP contribution in [0.25, 0.3) is 5.69 Å². The summed E-state index contributed by atoms with van der Waals surface area (Å²) >= 11 is 0. The van der Waals surface area contributed by atoms with E-state index in [2.05, 4.69) is 15.6 Å². The summed E-state index contributed by atoms with van der Waals surface area (Å²) in [4.78, 5) is 28.9. The van der Waals surface area contributed by atoms with Gasteiger partial charge in [0.1, 0.15) is 17.4 Å². The molecule has 0 saturated heterocycles. The van der Waals surface area contributed by atoms with E-state index in [4.69, 9.17) is 0 Å². The van der Waals surface area contributed by atoms with Gasteiger partial charge in [0.15, 0.2) is 0 Å². The summed E-state index contributed by atoms with van der Waals surface area (Å²) in [7, 11) is 0. The molecule has 7 nitrogen and oxygen atoms in total. The standard InChI is InChI=1S/C25H20F2N4O3/c1-15(16-2-5-21(6-3-16)31-9-8-28-14-31)29-25(34)22-7-4-20(13-23(22)32)30-24(33)17-10-18(26)12-19(27)11-17/h2-15,32H,1H3,(H,29,34)(H,30,33). The molecule has 0 aliphatic heterocycles. The number of phenols is 1. The van der Waals surface area contributed by atoms with Crippen LogP contribution < -0.4 is 10.6 Å². The Morgan fingerprint density at radius 2 is 1.68 bits per heavy atom. The molecule has 1 unspecified atom stereocenters. The average molecular weight is 462 g/mol. The van der Waals surface area contributed by atoms with Crippen molar-refractivity contribution in [2.24, 2.45) is 0 Å². The fourth-order valence-electron chi connectivity index (χ4n) is 3.39. The Kier molecular flexibility index (Phi) is 6.35. The number of hydrogen-bond donors (Lipinski definition) is 3. The quantitative estimate of drug-likeness (QED) is 0.390. The van der Waals surface area contributed by atoms with Crippen LogP contribution in [0, 0.1) is 11.6 Å². The van der Waals surface area contributed by atoms with Gasteiger partial charge in [0, 0.05) is 41.5 Å². The first-order chi connectivity index (χ1) is 16.3. The third kappa shape index (κ3) is 5.09. The molecule has 4 aromatic rings. The lowest BCUT2D eigenvalue weighted by Crippen LogP contribution is -2.26. The molecule has 0 spiro atoms. The number of halogens is 2. The summed E-state index contributed by atoms with van der Waals surface area (Å²) in [5, 5.41) is 15.6. The molecular formula is C25H20F2N4O3. The maximum Gasteiger partial charge on any atom is 0.255 e. The van der Waals surface area contributed by atoms with E-state index < -0.39 is 23.4 Å². The van der Waals surface area contributed by atoms with Gasteiger partial charge < -0.3 is 20.3 Å². The van der Waals surface area contributed by atoms with Crippen molar-refractivity contribution in [3.05, 3.63) is 108 Å². The number of carbonyl (C=O) groups is 2. The Morgan fingerprint density at radius 1 is 0.971 bits per heavy atom. The van der Waals surface area contributed by atoms with Crippen LogP contribution in [0.3, 0.4) is 0 Å².